The van der Waals surface area contributed by atoms with Gasteiger partial charge in [0.1, 0.15) is 68.7 Å². The van der Waals surface area contributed by atoms with Crippen molar-refractivity contribution in [2.24, 2.45) is 23.7 Å². The number of rotatable bonds is 16. The summed E-state index contributed by atoms with van der Waals surface area (Å²) >= 11 is 10.8. The Hall–Kier alpha value is -6.16. The van der Waals surface area contributed by atoms with Crippen molar-refractivity contribution in [3.63, 3.8) is 0 Å². The first-order valence-electron chi connectivity index (χ1n) is 23.4. The predicted octanol–water partition coefficient (Wildman–Crippen LogP) is 8.32. The van der Waals surface area contributed by atoms with E-state index in [1.165, 1.54) is 0 Å². The van der Waals surface area contributed by atoms with Crippen LogP contribution in [0.4, 0.5) is 22.7 Å². The van der Waals surface area contributed by atoms with E-state index in [1.807, 2.05) is 48.5 Å². The van der Waals surface area contributed by atoms with Crippen LogP contribution < -0.4 is 59.2 Å². The van der Waals surface area contributed by atoms with Gasteiger partial charge in [-0.15, -0.1) is 0 Å². The maximum absolute atomic E-state index is 12.0. The van der Waals surface area contributed by atoms with Crippen LogP contribution in [0.25, 0.3) is 0 Å². The average molecular weight is 1040 g/mol. The van der Waals surface area contributed by atoms with E-state index in [1.54, 1.807) is 81.1 Å². The molecule has 4 aromatic rings. The fourth-order valence-electron chi connectivity index (χ4n) is 7.76. The maximum atomic E-state index is 12.0. The van der Waals surface area contributed by atoms with Gasteiger partial charge in [-0.2, -0.15) is 0 Å². The molecule has 8 rings (SSSR count). The lowest BCUT2D eigenvalue weighted by Crippen LogP contribution is -2.23. The molecule has 4 N–H and O–H groups in total. The number of amides is 2. The molecule has 4 aliphatic heterocycles. The molecule has 0 bridgehead atoms. The lowest BCUT2D eigenvalue weighted by atomic mass is 10.1. The van der Waals surface area contributed by atoms with Crippen LogP contribution in [0, 0.1) is 23.7 Å². The minimum atomic E-state index is -0.0976. The first-order valence-corrected chi connectivity index (χ1v) is 24.2. The number of nitrogens with one attached hydrogen (secondary N) is 4. The van der Waals surface area contributed by atoms with Crippen molar-refractivity contribution in [1.82, 2.24) is 0 Å². The van der Waals surface area contributed by atoms with Crippen LogP contribution in [0.2, 0.25) is 0 Å². The van der Waals surface area contributed by atoms with Crippen molar-refractivity contribution in [2.45, 2.75) is 25.7 Å². The maximum Gasteiger partial charge on any atom is 0.230 e. The highest BCUT2D eigenvalue weighted by atomic mass is 32.1. The molecule has 4 atom stereocenters. The summed E-state index contributed by atoms with van der Waals surface area (Å²) in [6, 6.07) is 22.0. The van der Waals surface area contributed by atoms with Gasteiger partial charge in [0.15, 0.2) is 0 Å². The molecule has 392 valence electrons. The van der Waals surface area contributed by atoms with E-state index in [9.17, 15) is 9.59 Å². The number of methoxy groups -OCH3 is 8. The SMILES string of the molecule is COc1cccc(OC)c1NC(=O)[C@@H]1CCOC1.COc1cccc(OC)c1NC(=O)[C@H]1CCOC1.COc1cccc(OC)c1NC(=S)[C@@H]1CCOC1.COc1cccc(OC)c1NC(=S)[C@H]1CCOC1. The molecule has 20 heteroatoms. The van der Waals surface area contributed by atoms with Crippen molar-refractivity contribution in [3.8, 4) is 46.0 Å². The molecule has 4 saturated heterocycles. The summed E-state index contributed by atoms with van der Waals surface area (Å²) in [5.74, 6) is 5.44. The molecule has 0 aromatic heterocycles. The smallest absolute Gasteiger partial charge is 0.230 e. The van der Waals surface area contributed by atoms with Crippen LogP contribution in [0.3, 0.4) is 0 Å². The molecule has 4 heterocycles. The van der Waals surface area contributed by atoms with E-state index in [-0.39, 0.29) is 35.5 Å². The summed E-state index contributed by atoms with van der Waals surface area (Å²) in [4.78, 5) is 25.6. The van der Waals surface area contributed by atoms with E-state index in [0.717, 1.165) is 83.2 Å². The molecule has 0 aliphatic carbocycles. The summed E-state index contributed by atoms with van der Waals surface area (Å²) in [7, 11) is 12.7. The standard InChI is InChI=1S/2C13H17NO4.2C13H17NO3S/c2*1-16-10-4-3-5-11(17-2)12(10)14-13(15)9-6-7-18-8-9;2*1-15-10-4-3-5-11(16-2)12(10)14-13(18)9-6-7-17-8-9/h2*3-5,9H,6-8H2,1-2H3,(H,14,15);2*3-5,9H,6-8H2,1-2H3,(H,14,18)/t4*9-/m1010/s1. The Morgan fingerprint density at radius 3 is 0.778 bits per heavy atom. The molecular weight excluding hydrogens is 969 g/mol. The Kier molecular flexibility index (Phi) is 23.7. The normalized spacial score (nSPS) is 18.4. The first-order chi connectivity index (χ1) is 35.0. The molecular formula is C52H68N4O14S2. The van der Waals surface area contributed by atoms with Gasteiger partial charge in [0.05, 0.1) is 105 Å². The summed E-state index contributed by atoms with van der Waals surface area (Å²) in [6.07, 6.45) is 3.43. The highest BCUT2D eigenvalue weighted by Crippen LogP contribution is 2.38. The number of hydrogen-bond donors (Lipinski definition) is 4. The third kappa shape index (κ3) is 15.9. The van der Waals surface area contributed by atoms with Crippen LogP contribution in [0.1, 0.15) is 25.7 Å². The van der Waals surface area contributed by atoms with Crippen LogP contribution >= 0.6 is 24.4 Å². The van der Waals surface area contributed by atoms with E-state index in [4.69, 9.17) is 81.3 Å². The second-order valence-corrected chi connectivity index (χ2v) is 17.2. The van der Waals surface area contributed by atoms with Gasteiger partial charge in [0.25, 0.3) is 0 Å². The summed E-state index contributed by atoms with van der Waals surface area (Å²) < 4.78 is 63.3. The number of para-hydroxylation sites is 4. The highest BCUT2D eigenvalue weighted by molar-refractivity contribution is 7.80. The third-order valence-electron chi connectivity index (χ3n) is 11.9. The average Bonchev–Trinajstić information content (AvgIpc) is 4.29. The second kappa shape index (κ2) is 30.0. The van der Waals surface area contributed by atoms with E-state index in [2.05, 4.69) is 21.3 Å². The Morgan fingerprint density at radius 1 is 0.375 bits per heavy atom. The number of benzene rings is 4. The monoisotopic (exact) mass is 1040 g/mol. The van der Waals surface area contributed by atoms with Gasteiger partial charge < -0.3 is 78.1 Å². The van der Waals surface area contributed by atoms with Gasteiger partial charge in [-0.1, -0.05) is 48.7 Å². The van der Waals surface area contributed by atoms with Crippen molar-refractivity contribution < 1.29 is 66.4 Å². The minimum Gasteiger partial charge on any atom is -0.494 e. The Labute approximate surface area is 432 Å². The van der Waals surface area contributed by atoms with E-state index in [0.29, 0.717) is 74.0 Å². The number of carbonyl (C=O) groups is 2. The molecule has 4 aliphatic rings. The lowest BCUT2D eigenvalue weighted by molar-refractivity contribution is -0.120. The van der Waals surface area contributed by atoms with E-state index >= 15 is 0 Å². The molecule has 0 radical (unpaired) electrons. The minimum absolute atomic E-state index is 0.0599. The fraction of sp³-hybridized carbons (Fsp3) is 0.462. The van der Waals surface area contributed by atoms with Crippen LogP contribution in [-0.4, -0.2) is 132 Å². The molecule has 0 unspecified atom stereocenters. The van der Waals surface area contributed by atoms with Gasteiger partial charge in [-0.25, -0.2) is 0 Å². The second-order valence-electron chi connectivity index (χ2n) is 16.3. The molecule has 18 nitrogen and oxygen atoms in total. The van der Waals surface area contributed by atoms with Crippen molar-refractivity contribution in [2.75, 3.05) is 131 Å². The third-order valence-corrected chi connectivity index (χ3v) is 12.8. The Balaban J connectivity index is 0.000000178. The van der Waals surface area contributed by atoms with Gasteiger partial charge in [0, 0.05) is 38.3 Å². The van der Waals surface area contributed by atoms with Gasteiger partial charge in [-0.05, 0) is 74.2 Å². The van der Waals surface area contributed by atoms with E-state index < -0.39 is 0 Å². The van der Waals surface area contributed by atoms with Crippen LogP contribution in [0.5, 0.6) is 46.0 Å². The zero-order valence-corrected chi connectivity index (χ0v) is 43.9. The Morgan fingerprint density at radius 2 is 0.583 bits per heavy atom. The summed E-state index contributed by atoms with van der Waals surface area (Å²) in [6.45, 7) is 5.15. The lowest BCUT2D eigenvalue weighted by Gasteiger charge is -2.17. The number of hydrogen-bond acceptors (Lipinski definition) is 16. The summed E-state index contributed by atoms with van der Waals surface area (Å²) in [5, 5.41) is 12.2. The molecule has 4 aromatic carbocycles. The molecule has 2 amide bonds. The van der Waals surface area contributed by atoms with Crippen molar-refractivity contribution in [1.29, 1.82) is 0 Å². The molecule has 0 saturated carbocycles. The zero-order valence-electron chi connectivity index (χ0n) is 42.3. The van der Waals surface area contributed by atoms with Gasteiger partial charge >= 0.3 is 0 Å². The van der Waals surface area contributed by atoms with Crippen molar-refractivity contribution >= 4 is 69.0 Å². The summed E-state index contributed by atoms with van der Waals surface area (Å²) in [5.41, 5.74) is 2.69. The predicted molar refractivity (Wildman–Crippen MR) is 284 cm³/mol. The largest absolute Gasteiger partial charge is 0.494 e. The first kappa shape index (κ1) is 56.8. The van der Waals surface area contributed by atoms with Crippen LogP contribution in [0.15, 0.2) is 72.8 Å². The Bertz CT molecular complexity index is 1950. The number of thiocarbonyl (C=S) groups is 2. The topological polar surface area (TPSA) is 193 Å². The van der Waals surface area contributed by atoms with Crippen LogP contribution in [-0.2, 0) is 28.5 Å². The quantitative estimate of drug-likeness (QED) is 0.0782. The molecule has 0 spiro atoms. The number of ether oxygens (including phenoxy) is 12. The van der Waals surface area contributed by atoms with Gasteiger partial charge in [-0.3, -0.25) is 9.59 Å². The highest BCUT2D eigenvalue weighted by Gasteiger charge is 2.28. The number of carbonyl (C=O) groups excluding carboxylic acids is 2. The zero-order chi connectivity index (χ0) is 51.8. The molecule has 4 fully saturated rings. The van der Waals surface area contributed by atoms with Gasteiger partial charge in [0.2, 0.25) is 11.8 Å². The number of anilines is 4. The molecule has 72 heavy (non-hydrogen) atoms. The fourth-order valence-corrected chi connectivity index (χ4v) is 8.34. The van der Waals surface area contributed by atoms with Crippen molar-refractivity contribution in [3.05, 3.63) is 72.8 Å².